The van der Waals surface area contributed by atoms with Crippen molar-refractivity contribution in [2.24, 2.45) is 11.3 Å². The Morgan fingerprint density at radius 3 is 2.17 bits per heavy atom. The number of hydrogen-bond acceptors (Lipinski definition) is 3. The second kappa shape index (κ2) is 6.21. The number of esters is 1. The molecule has 1 fully saturated rings. The minimum absolute atomic E-state index is 0.0688. The molecule has 0 aromatic rings. The molecule has 0 N–H and O–H groups in total. The summed E-state index contributed by atoms with van der Waals surface area (Å²) in [6, 6.07) is 0. The van der Waals surface area contributed by atoms with E-state index in [4.69, 9.17) is 4.74 Å². The molecular weight excluding hydrogens is 230 g/mol. The summed E-state index contributed by atoms with van der Waals surface area (Å²) in [5.74, 6) is -1.14. The van der Waals surface area contributed by atoms with Crippen LogP contribution in [0.1, 0.15) is 47.0 Å². The van der Waals surface area contributed by atoms with Gasteiger partial charge < -0.3 is 9.64 Å². The average Bonchev–Trinajstić information content (AvgIpc) is 2.28. The highest BCUT2D eigenvalue weighted by atomic mass is 16.5. The Kier molecular flexibility index (Phi) is 5.17. The maximum Gasteiger partial charge on any atom is 0.319 e. The molecule has 0 aromatic heterocycles. The van der Waals surface area contributed by atoms with Gasteiger partial charge in [0.25, 0.3) is 0 Å². The molecule has 18 heavy (non-hydrogen) atoms. The molecule has 0 radical (unpaired) electrons. The smallest absolute Gasteiger partial charge is 0.319 e. The molecule has 0 spiro atoms. The number of amides is 1. The van der Waals surface area contributed by atoms with Gasteiger partial charge >= 0.3 is 5.97 Å². The van der Waals surface area contributed by atoms with Gasteiger partial charge in [-0.15, -0.1) is 0 Å². The zero-order chi connectivity index (χ0) is 13.8. The van der Waals surface area contributed by atoms with E-state index in [2.05, 4.69) is 0 Å². The summed E-state index contributed by atoms with van der Waals surface area (Å²) < 4.78 is 5.06. The van der Waals surface area contributed by atoms with E-state index in [1.165, 1.54) is 6.42 Å². The predicted octanol–water partition coefficient (Wildman–Crippen LogP) is 2.22. The average molecular weight is 255 g/mol. The van der Waals surface area contributed by atoms with Gasteiger partial charge in [0.2, 0.25) is 5.91 Å². The lowest BCUT2D eigenvalue weighted by molar-refractivity contribution is -0.160. The van der Waals surface area contributed by atoms with Crippen molar-refractivity contribution < 1.29 is 14.3 Å². The number of likely N-dealkylation sites (tertiary alicyclic amines) is 1. The van der Waals surface area contributed by atoms with E-state index < -0.39 is 11.3 Å². The Morgan fingerprint density at radius 1 is 1.17 bits per heavy atom. The molecule has 0 bridgehead atoms. The fourth-order valence-electron chi connectivity index (χ4n) is 2.35. The lowest BCUT2D eigenvalue weighted by Gasteiger charge is -2.34. The van der Waals surface area contributed by atoms with E-state index in [1.54, 1.807) is 6.92 Å². The van der Waals surface area contributed by atoms with Gasteiger partial charge in [0, 0.05) is 13.1 Å². The molecule has 1 aliphatic heterocycles. The standard InChI is InChI=1S/C14H25NO3/c1-5-18-13(17)11(14(2,3)4)12(16)15-9-7-6-8-10-15/h11H,5-10H2,1-4H3. The first kappa shape index (κ1) is 15.0. The number of nitrogens with zero attached hydrogens (tertiary/aromatic N) is 1. The number of carbonyl (C=O) groups excluding carboxylic acids is 2. The molecule has 1 atom stereocenters. The lowest BCUT2D eigenvalue weighted by Crippen LogP contribution is -2.47. The molecule has 0 aliphatic carbocycles. The van der Waals surface area contributed by atoms with Crippen LogP contribution in [0.15, 0.2) is 0 Å². The van der Waals surface area contributed by atoms with Crippen LogP contribution in [-0.4, -0.2) is 36.5 Å². The topological polar surface area (TPSA) is 46.6 Å². The molecule has 0 saturated carbocycles. The third kappa shape index (κ3) is 3.72. The Hall–Kier alpha value is -1.06. The van der Waals surface area contributed by atoms with Crippen molar-refractivity contribution in [3.63, 3.8) is 0 Å². The van der Waals surface area contributed by atoms with E-state index >= 15 is 0 Å². The van der Waals surface area contributed by atoms with Gasteiger partial charge in [0.1, 0.15) is 5.92 Å². The summed E-state index contributed by atoms with van der Waals surface area (Å²) in [7, 11) is 0. The van der Waals surface area contributed by atoms with Gasteiger partial charge in [-0.05, 0) is 31.6 Å². The molecule has 1 rings (SSSR count). The van der Waals surface area contributed by atoms with Crippen molar-refractivity contribution in [1.82, 2.24) is 4.90 Å². The van der Waals surface area contributed by atoms with Crippen LogP contribution in [0.2, 0.25) is 0 Å². The fourth-order valence-corrected chi connectivity index (χ4v) is 2.35. The highest BCUT2D eigenvalue weighted by Crippen LogP contribution is 2.29. The van der Waals surface area contributed by atoms with Crippen molar-refractivity contribution >= 4 is 11.9 Å². The van der Waals surface area contributed by atoms with Crippen molar-refractivity contribution in [1.29, 1.82) is 0 Å². The molecule has 4 heteroatoms. The molecule has 0 aromatic carbocycles. The molecule has 104 valence electrons. The van der Waals surface area contributed by atoms with Crippen LogP contribution in [-0.2, 0) is 14.3 Å². The highest BCUT2D eigenvalue weighted by Gasteiger charge is 2.41. The zero-order valence-corrected chi connectivity index (χ0v) is 12.0. The first-order valence-corrected chi connectivity index (χ1v) is 6.83. The van der Waals surface area contributed by atoms with Crippen molar-refractivity contribution in [2.75, 3.05) is 19.7 Å². The number of hydrogen-bond donors (Lipinski definition) is 0. The van der Waals surface area contributed by atoms with E-state index in [9.17, 15) is 9.59 Å². The van der Waals surface area contributed by atoms with E-state index in [0.717, 1.165) is 25.9 Å². The van der Waals surface area contributed by atoms with Crippen LogP contribution in [0, 0.1) is 11.3 Å². The first-order valence-electron chi connectivity index (χ1n) is 6.83. The normalized spacial score (nSPS) is 18.3. The van der Waals surface area contributed by atoms with E-state index in [-0.39, 0.29) is 11.9 Å². The van der Waals surface area contributed by atoms with E-state index in [0.29, 0.717) is 6.61 Å². The van der Waals surface area contributed by atoms with Crippen molar-refractivity contribution in [3.05, 3.63) is 0 Å². The SMILES string of the molecule is CCOC(=O)C(C(=O)N1CCCCC1)C(C)(C)C. The predicted molar refractivity (Wildman–Crippen MR) is 70.0 cm³/mol. The summed E-state index contributed by atoms with van der Waals surface area (Å²) in [6.07, 6.45) is 3.24. The number of ether oxygens (including phenoxy) is 1. The molecule has 4 nitrogen and oxygen atoms in total. The van der Waals surface area contributed by atoms with Gasteiger partial charge in [-0.2, -0.15) is 0 Å². The largest absolute Gasteiger partial charge is 0.465 e. The highest BCUT2D eigenvalue weighted by molar-refractivity contribution is 5.98. The van der Waals surface area contributed by atoms with Gasteiger partial charge in [-0.1, -0.05) is 20.8 Å². The number of piperidine rings is 1. The maximum atomic E-state index is 12.5. The van der Waals surface area contributed by atoms with Crippen molar-refractivity contribution in [2.45, 2.75) is 47.0 Å². The quantitative estimate of drug-likeness (QED) is 0.574. The summed E-state index contributed by atoms with van der Waals surface area (Å²) in [5, 5.41) is 0. The molecule has 1 amide bonds. The zero-order valence-electron chi connectivity index (χ0n) is 12.0. The van der Waals surface area contributed by atoms with Crippen LogP contribution in [0.4, 0.5) is 0 Å². The molecular formula is C14H25NO3. The summed E-state index contributed by atoms with van der Waals surface area (Å²) in [6.45, 7) is 9.36. The second-order valence-corrected chi connectivity index (χ2v) is 5.94. The Labute approximate surface area is 110 Å². The van der Waals surface area contributed by atoms with Crippen LogP contribution >= 0.6 is 0 Å². The maximum absolute atomic E-state index is 12.5. The molecule has 1 unspecified atom stereocenters. The van der Waals surface area contributed by atoms with Crippen molar-refractivity contribution in [3.8, 4) is 0 Å². The molecule has 1 aliphatic rings. The number of carbonyl (C=O) groups is 2. The first-order chi connectivity index (χ1) is 8.38. The summed E-state index contributed by atoms with van der Waals surface area (Å²) in [5.41, 5.74) is -0.402. The van der Waals surface area contributed by atoms with Crippen LogP contribution in [0.3, 0.4) is 0 Å². The summed E-state index contributed by atoms with van der Waals surface area (Å²) in [4.78, 5) is 26.3. The minimum atomic E-state index is -0.685. The second-order valence-electron chi connectivity index (χ2n) is 5.94. The Bertz CT molecular complexity index is 301. The fraction of sp³-hybridized carbons (Fsp3) is 0.857. The monoisotopic (exact) mass is 255 g/mol. The Balaban J connectivity index is 2.81. The van der Waals surface area contributed by atoms with Gasteiger partial charge in [0.15, 0.2) is 0 Å². The Morgan fingerprint density at radius 2 is 1.72 bits per heavy atom. The van der Waals surface area contributed by atoms with Gasteiger partial charge in [0.05, 0.1) is 6.61 Å². The third-order valence-electron chi connectivity index (χ3n) is 3.30. The molecule has 1 saturated heterocycles. The van der Waals surface area contributed by atoms with Crippen LogP contribution in [0.5, 0.6) is 0 Å². The number of rotatable bonds is 3. The third-order valence-corrected chi connectivity index (χ3v) is 3.30. The molecule has 1 heterocycles. The summed E-state index contributed by atoms with van der Waals surface area (Å²) >= 11 is 0. The van der Waals surface area contributed by atoms with Crippen LogP contribution < -0.4 is 0 Å². The minimum Gasteiger partial charge on any atom is -0.465 e. The van der Waals surface area contributed by atoms with Gasteiger partial charge in [-0.3, -0.25) is 9.59 Å². The lowest BCUT2D eigenvalue weighted by atomic mass is 9.79. The van der Waals surface area contributed by atoms with E-state index in [1.807, 2.05) is 25.7 Å². The van der Waals surface area contributed by atoms with Gasteiger partial charge in [-0.25, -0.2) is 0 Å². The van der Waals surface area contributed by atoms with Crippen LogP contribution in [0.25, 0.3) is 0 Å².